The maximum atomic E-state index is 10.8. The highest BCUT2D eigenvalue weighted by atomic mass is 16.3. The summed E-state index contributed by atoms with van der Waals surface area (Å²) in [6.45, 7) is 1.83. The van der Waals surface area contributed by atoms with Crippen LogP contribution < -0.4 is 0 Å². The number of aliphatic imine (C=N–C) groups is 2. The zero-order chi connectivity index (χ0) is 13.7. The van der Waals surface area contributed by atoms with E-state index in [4.69, 9.17) is 0 Å². The van der Waals surface area contributed by atoms with E-state index < -0.39 is 5.60 Å². The fourth-order valence-corrected chi connectivity index (χ4v) is 2.47. The molecular weight excluding hydrogens is 252 g/mol. The van der Waals surface area contributed by atoms with Crippen LogP contribution in [-0.4, -0.2) is 26.6 Å². The second-order valence-corrected chi connectivity index (χ2v) is 4.95. The van der Waals surface area contributed by atoms with Gasteiger partial charge in [-0.05, 0) is 37.3 Å². The molecule has 2 heterocycles. The number of imidazole rings is 1. The van der Waals surface area contributed by atoms with E-state index in [1.165, 1.54) is 0 Å². The van der Waals surface area contributed by atoms with Crippen molar-refractivity contribution in [3.8, 4) is 0 Å². The Hall–Kier alpha value is -2.53. The summed E-state index contributed by atoms with van der Waals surface area (Å²) in [5, 5.41) is 10.8. The van der Waals surface area contributed by atoms with E-state index >= 15 is 0 Å². The van der Waals surface area contributed by atoms with Crippen molar-refractivity contribution >= 4 is 22.6 Å². The summed E-state index contributed by atoms with van der Waals surface area (Å²) < 4.78 is 0. The minimum atomic E-state index is -1.28. The van der Waals surface area contributed by atoms with Crippen molar-refractivity contribution in [2.75, 3.05) is 0 Å². The fourth-order valence-electron chi connectivity index (χ4n) is 2.47. The lowest BCUT2D eigenvalue weighted by molar-refractivity contribution is 0.133. The van der Waals surface area contributed by atoms with E-state index in [1.54, 1.807) is 18.2 Å². The van der Waals surface area contributed by atoms with Gasteiger partial charge in [0, 0.05) is 0 Å². The average Bonchev–Trinajstić information content (AvgIpc) is 3.00. The number of aromatic amines is 1. The lowest BCUT2D eigenvalue weighted by atomic mass is 9.95. The van der Waals surface area contributed by atoms with Gasteiger partial charge in [-0.3, -0.25) is 0 Å². The van der Waals surface area contributed by atoms with E-state index in [9.17, 15) is 5.11 Å². The molecule has 98 valence electrons. The van der Waals surface area contributed by atoms with Crippen molar-refractivity contribution in [1.29, 1.82) is 0 Å². The maximum Gasteiger partial charge on any atom is 0.161 e. The van der Waals surface area contributed by atoms with Gasteiger partial charge in [-0.15, -0.1) is 0 Å². The first kappa shape index (κ1) is 11.3. The normalized spacial score (nSPS) is 24.4. The first-order valence-corrected chi connectivity index (χ1v) is 6.38. The van der Waals surface area contributed by atoms with E-state index in [1.807, 2.05) is 31.2 Å². The number of fused-ring (bicyclic) bond motifs is 2. The van der Waals surface area contributed by atoms with Gasteiger partial charge in [-0.1, -0.05) is 12.1 Å². The largest absolute Gasteiger partial charge is 0.374 e. The summed E-state index contributed by atoms with van der Waals surface area (Å²) >= 11 is 0. The molecule has 2 aromatic rings. The number of H-pyrrole nitrogens is 1. The molecule has 0 fully saturated rings. The van der Waals surface area contributed by atoms with Gasteiger partial charge in [0.25, 0.3) is 0 Å². The monoisotopic (exact) mass is 264 g/mol. The summed E-state index contributed by atoms with van der Waals surface area (Å²) in [7, 11) is 0. The number of aliphatic hydroxyl groups is 1. The molecule has 1 unspecified atom stereocenters. The Bertz CT molecular complexity index is 807. The zero-order valence-electron chi connectivity index (χ0n) is 10.8. The quantitative estimate of drug-likeness (QED) is 0.827. The highest BCUT2D eigenvalue weighted by molar-refractivity contribution is 6.18. The second-order valence-electron chi connectivity index (χ2n) is 4.95. The van der Waals surface area contributed by atoms with Gasteiger partial charge in [-0.25, -0.2) is 15.0 Å². The van der Waals surface area contributed by atoms with Crippen LogP contribution in [0.4, 0.5) is 0 Å². The third-order valence-electron chi connectivity index (χ3n) is 3.45. The Morgan fingerprint density at radius 3 is 2.90 bits per heavy atom. The van der Waals surface area contributed by atoms with E-state index in [0.717, 1.165) is 16.7 Å². The predicted molar refractivity (Wildman–Crippen MR) is 77.8 cm³/mol. The highest BCUT2D eigenvalue weighted by Crippen LogP contribution is 2.31. The summed E-state index contributed by atoms with van der Waals surface area (Å²) in [4.78, 5) is 16.2. The number of benzene rings is 1. The molecule has 0 amide bonds. The molecule has 1 aliphatic heterocycles. The van der Waals surface area contributed by atoms with Gasteiger partial charge in [0.05, 0.1) is 22.4 Å². The smallest absolute Gasteiger partial charge is 0.161 e. The van der Waals surface area contributed by atoms with Crippen molar-refractivity contribution in [3.63, 3.8) is 0 Å². The minimum absolute atomic E-state index is 0.487. The molecule has 1 aliphatic carbocycles. The van der Waals surface area contributed by atoms with Crippen LogP contribution >= 0.6 is 0 Å². The Labute approximate surface area is 115 Å². The standard InChI is InChI=1S/C15H12N4O/c1-9-16-12-6-7-15(20,8-13(12)17-9)14-18-10-4-2-3-5-11(10)19-14/h2-8,20H,1H3,(H,18,19). The third kappa shape index (κ3) is 1.57. The van der Waals surface area contributed by atoms with Crippen molar-refractivity contribution in [1.82, 2.24) is 9.97 Å². The topological polar surface area (TPSA) is 73.6 Å². The van der Waals surface area contributed by atoms with E-state index in [2.05, 4.69) is 20.0 Å². The number of hydrogen-bond acceptors (Lipinski definition) is 4. The Balaban J connectivity index is 1.85. The van der Waals surface area contributed by atoms with Gasteiger partial charge in [0.1, 0.15) is 11.7 Å². The highest BCUT2D eigenvalue weighted by Gasteiger charge is 2.33. The summed E-state index contributed by atoms with van der Waals surface area (Å²) in [5.41, 5.74) is 1.92. The summed E-state index contributed by atoms with van der Waals surface area (Å²) in [5.74, 6) is 1.19. The van der Waals surface area contributed by atoms with Crippen molar-refractivity contribution in [2.24, 2.45) is 9.98 Å². The molecule has 5 nitrogen and oxygen atoms in total. The molecule has 2 N–H and O–H groups in total. The van der Waals surface area contributed by atoms with Gasteiger partial charge in [0.2, 0.25) is 0 Å². The predicted octanol–water partition coefficient (Wildman–Crippen LogP) is 2.08. The molecule has 4 rings (SSSR count). The molecule has 0 saturated carbocycles. The molecule has 0 bridgehead atoms. The fraction of sp³-hybridized carbons (Fsp3) is 0.133. The summed E-state index contributed by atoms with van der Waals surface area (Å²) in [6.07, 6.45) is 5.14. The minimum Gasteiger partial charge on any atom is -0.374 e. The number of amidine groups is 1. The Morgan fingerprint density at radius 2 is 2.05 bits per heavy atom. The first-order chi connectivity index (χ1) is 9.64. The number of nitrogens with one attached hydrogen (secondary N) is 1. The Morgan fingerprint density at radius 1 is 1.20 bits per heavy atom. The molecule has 20 heavy (non-hydrogen) atoms. The van der Waals surface area contributed by atoms with Gasteiger partial charge < -0.3 is 10.1 Å². The second kappa shape index (κ2) is 3.74. The molecule has 0 radical (unpaired) electrons. The Kier molecular flexibility index (Phi) is 2.11. The zero-order valence-corrected chi connectivity index (χ0v) is 10.8. The number of nitrogens with zero attached hydrogens (tertiary/aromatic N) is 3. The molecular formula is C15H12N4O. The number of aromatic nitrogens is 2. The number of para-hydroxylation sites is 2. The number of rotatable bonds is 1. The van der Waals surface area contributed by atoms with E-state index in [0.29, 0.717) is 17.4 Å². The van der Waals surface area contributed by atoms with Crippen LogP contribution in [0.1, 0.15) is 12.7 Å². The molecule has 0 spiro atoms. The first-order valence-electron chi connectivity index (χ1n) is 6.38. The maximum absolute atomic E-state index is 10.8. The molecule has 0 saturated heterocycles. The molecule has 2 aliphatic rings. The van der Waals surface area contributed by atoms with E-state index in [-0.39, 0.29) is 0 Å². The molecule has 1 atom stereocenters. The van der Waals surface area contributed by atoms with Crippen molar-refractivity contribution < 1.29 is 5.11 Å². The average molecular weight is 264 g/mol. The molecule has 1 aromatic heterocycles. The van der Waals surface area contributed by atoms with Crippen LogP contribution in [0.2, 0.25) is 0 Å². The lowest BCUT2D eigenvalue weighted by Gasteiger charge is -2.21. The van der Waals surface area contributed by atoms with Crippen LogP contribution in [0.3, 0.4) is 0 Å². The van der Waals surface area contributed by atoms with Crippen LogP contribution in [0.5, 0.6) is 0 Å². The van der Waals surface area contributed by atoms with Crippen molar-refractivity contribution in [2.45, 2.75) is 12.5 Å². The SMILES string of the molecule is CC1=NC2=CC(O)(c3nc4ccccc4[nH]3)C=CC2=N1. The number of allylic oxidation sites excluding steroid dienone is 1. The van der Waals surface area contributed by atoms with Crippen LogP contribution in [-0.2, 0) is 5.60 Å². The van der Waals surface area contributed by atoms with Crippen LogP contribution in [0.25, 0.3) is 11.0 Å². The van der Waals surface area contributed by atoms with Crippen molar-refractivity contribution in [3.05, 3.63) is 54.0 Å². The van der Waals surface area contributed by atoms with Crippen LogP contribution in [0, 0.1) is 0 Å². The van der Waals surface area contributed by atoms with Gasteiger partial charge in [-0.2, -0.15) is 0 Å². The third-order valence-corrected chi connectivity index (χ3v) is 3.45. The van der Waals surface area contributed by atoms with Gasteiger partial charge >= 0.3 is 0 Å². The molecule has 1 aromatic carbocycles. The van der Waals surface area contributed by atoms with Crippen LogP contribution in [0.15, 0.2) is 58.2 Å². The molecule has 5 heteroatoms. The summed E-state index contributed by atoms with van der Waals surface area (Å²) in [6, 6.07) is 7.68. The number of hydrogen-bond donors (Lipinski definition) is 2. The lowest BCUT2D eigenvalue weighted by Crippen LogP contribution is -2.25. The van der Waals surface area contributed by atoms with Gasteiger partial charge in [0.15, 0.2) is 5.60 Å².